The van der Waals surface area contributed by atoms with E-state index in [4.69, 9.17) is 25.8 Å². The van der Waals surface area contributed by atoms with Crippen molar-refractivity contribution in [3.8, 4) is 28.4 Å². The van der Waals surface area contributed by atoms with Crippen molar-refractivity contribution in [1.29, 1.82) is 0 Å². The third kappa shape index (κ3) is 9.57. The summed E-state index contributed by atoms with van der Waals surface area (Å²) in [5, 5.41) is 32.6. The Kier molecular flexibility index (Phi) is 13.6. The SMILES string of the molecule is Cc1cccc(C)c1COc1cc(OCc2cccc(-c3cccc(OCCCN4CCC(O)C4)c3C)c2C)c(Cl)cc1CNC(CO)CO. The summed E-state index contributed by atoms with van der Waals surface area (Å²) < 4.78 is 19.0. The normalized spacial score (nSPS) is 14.8. The van der Waals surface area contributed by atoms with Crippen LogP contribution in [0.2, 0.25) is 5.02 Å². The number of ether oxygens (including phenoxy) is 3. The second kappa shape index (κ2) is 18.0. The predicted octanol–water partition coefficient (Wildman–Crippen LogP) is 6.68. The van der Waals surface area contributed by atoms with Crippen molar-refractivity contribution in [2.45, 2.75) is 72.4 Å². The van der Waals surface area contributed by atoms with Crippen LogP contribution in [0.15, 0.2) is 66.7 Å². The first kappa shape index (κ1) is 37.6. The van der Waals surface area contributed by atoms with Crippen molar-refractivity contribution in [1.82, 2.24) is 10.2 Å². The minimum atomic E-state index is -0.460. The van der Waals surface area contributed by atoms with Crippen molar-refractivity contribution in [2.75, 3.05) is 39.5 Å². The third-order valence-electron chi connectivity index (χ3n) is 9.68. The molecule has 0 amide bonds. The van der Waals surface area contributed by atoms with Crippen molar-refractivity contribution in [2.24, 2.45) is 0 Å². The number of aliphatic hydroxyl groups is 3. The van der Waals surface area contributed by atoms with E-state index in [0.717, 1.165) is 88.3 Å². The Hall–Kier alpha value is -3.63. The maximum absolute atomic E-state index is 9.79. The molecule has 0 aliphatic carbocycles. The van der Waals surface area contributed by atoms with Crippen LogP contribution < -0.4 is 19.5 Å². The first-order valence-electron chi connectivity index (χ1n) is 17.5. The van der Waals surface area contributed by atoms with Gasteiger partial charge in [-0.2, -0.15) is 0 Å². The van der Waals surface area contributed by atoms with Crippen LogP contribution in [-0.2, 0) is 19.8 Å². The third-order valence-corrected chi connectivity index (χ3v) is 9.98. The fourth-order valence-corrected chi connectivity index (χ4v) is 6.70. The highest BCUT2D eigenvalue weighted by Crippen LogP contribution is 2.36. The Labute approximate surface area is 301 Å². The van der Waals surface area contributed by atoms with Gasteiger partial charge in [-0.25, -0.2) is 0 Å². The number of hydrogen-bond acceptors (Lipinski definition) is 8. The van der Waals surface area contributed by atoms with E-state index in [1.165, 1.54) is 0 Å². The molecule has 4 aromatic carbocycles. The topological polar surface area (TPSA) is 104 Å². The van der Waals surface area contributed by atoms with E-state index in [2.05, 4.69) is 68.2 Å². The number of benzene rings is 4. The zero-order valence-electron chi connectivity index (χ0n) is 29.7. The van der Waals surface area contributed by atoms with Gasteiger partial charge >= 0.3 is 0 Å². The molecule has 9 heteroatoms. The summed E-state index contributed by atoms with van der Waals surface area (Å²) in [6.07, 6.45) is 1.56. The average molecular weight is 703 g/mol. The van der Waals surface area contributed by atoms with Crippen LogP contribution in [0.25, 0.3) is 11.1 Å². The number of nitrogens with zero attached hydrogens (tertiary/aromatic N) is 1. The molecule has 1 unspecified atom stereocenters. The summed E-state index contributed by atoms with van der Waals surface area (Å²) >= 11 is 6.78. The van der Waals surface area contributed by atoms with E-state index in [1.807, 2.05) is 36.4 Å². The van der Waals surface area contributed by atoms with Crippen molar-refractivity contribution < 1.29 is 29.5 Å². The summed E-state index contributed by atoms with van der Waals surface area (Å²) in [4.78, 5) is 2.29. The Balaban J connectivity index is 1.30. The maximum Gasteiger partial charge on any atom is 0.142 e. The molecular weight excluding hydrogens is 652 g/mol. The van der Waals surface area contributed by atoms with E-state index in [9.17, 15) is 15.3 Å². The van der Waals surface area contributed by atoms with E-state index < -0.39 is 6.04 Å². The molecule has 0 saturated carbocycles. The van der Waals surface area contributed by atoms with Crippen LogP contribution in [0.1, 0.15) is 51.8 Å². The number of β-amino-alcohol motifs (C(OH)–C–C–N with tert-alkyl or cyclic N) is 1. The van der Waals surface area contributed by atoms with E-state index >= 15 is 0 Å². The summed E-state index contributed by atoms with van der Waals surface area (Å²) in [5.74, 6) is 2.00. The van der Waals surface area contributed by atoms with Gasteiger partial charge in [0.2, 0.25) is 0 Å². The molecule has 1 heterocycles. The molecule has 8 nitrogen and oxygen atoms in total. The Bertz CT molecular complexity index is 1710. The largest absolute Gasteiger partial charge is 0.493 e. The highest BCUT2D eigenvalue weighted by atomic mass is 35.5. The number of nitrogens with one attached hydrogen (secondary N) is 1. The quantitative estimate of drug-likeness (QED) is 0.0905. The smallest absolute Gasteiger partial charge is 0.142 e. The zero-order valence-corrected chi connectivity index (χ0v) is 30.4. The van der Waals surface area contributed by atoms with Gasteiger partial charge in [0.15, 0.2) is 0 Å². The van der Waals surface area contributed by atoms with Crippen LogP contribution in [0, 0.1) is 27.7 Å². The van der Waals surface area contributed by atoms with Gasteiger partial charge in [0.1, 0.15) is 30.5 Å². The van der Waals surface area contributed by atoms with E-state index in [0.29, 0.717) is 42.9 Å². The minimum absolute atomic E-state index is 0.190. The highest BCUT2D eigenvalue weighted by Gasteiger charge is 2.20. The lowest BCUT2D eigenvalue weighted by Gasteiger charge is -2.20. The van der Waals surface area contributed by atoms with Gasteiger partial charge in [0, 0.05) is 37.8 Å². The molecule has 0 aromatic heterocycles. The molecule has 0 bridgehead atoms. The zero-order chi connectivity index (χ0) is 35.6. The lowest BCUT2D eigenvalue weighted by molar-refractivity contribution is 0.169. The van der Waals surface area contributed by atoms with Crippen molar-refractivity contribution >= 4 is 11.6 Å². The number of halogens is 1. The molecule has 1 aliphatic heterocycles. The predicted molar refractivity (Wildman–Crippen MR) is 199 cm³/mol. The molecule has 50 heavy (non-hydrogen) atoms. The average Bonchev–Trinajstić information content (AvgIpc) is 3.53. The van der Waals surface area contributed by atoms with Gasteiger partial charge in [0.25, 0.3) is 0 Å². The van der Waals surface area contributed by atoms with E-state index in [1.54, 1.807) is 0 Å². The molecule has 4 aromatic rings. The second-order valence-electron chi connectivity index (χ2n) is 13.2. The Morgan fingerprint density at radius 3 is 2.18 bits per heavy atom. The monoisotopic (exact) mass is 702 g/mol. The molecule has 4 N–H and O–H groups in total. The summed E-state index contributed by atoms with van der Waals surface area (Å²) in [5.41, 5.74) is 9.69. The molecule has 5 rings (SSSR count). The Morgan fingerprint density at radius 2 is 1.48 bits per heavy atom. The minimum Gasteiger partial charge on any atom is -0.493 e. The number of hydrogen-bond donors (Lipinski definition) is 4. The molecule has 0 radical (unpaired) electrons. The lowest BCUT2D eigenvalue weighted by atomic mass is 9.93. The number of likely N-dealkylation sites (tertiary alicyclic amines) is 1. The van der Waals surface area contributed by atoms with Crippen LogP contribution in [0.3, 0.4) is 0 Å². The van der Waals surface area contributed by atoms with Crippen LogP contribution in [-0.4, -0.2) is 71.8 Å². The molecule has 0 spiro atoms. The molecule has 1 aliphatic rings. The fraction of sp³-hybridized carbons (Fsp3) is 0.415. The van der Waals surface area contributed by atoms with Crippen molar-refractivity contribution in [3.63, 3.8) is 0 Å². The number of rotatable bonds is 17. The van der Waals surface area contributed by atoms with E-state index in [-0.39, 0.29) is 19.3 Å². The first-order valence-corrected chi connectivity index (χ1v) is 17.9. The fourth-order valence-electron chi connectivity index (χ4n) is 6.46. The van der Waals surface area contributed by atoms with Gasteiger partial charge in [0.05, 0.1) is 37.0 Å². The van der Waals surface area contributed by atoms with Crippen LogP contribution in [0.4, 0.5) is 0 Å². The maximum atomic E-state index is 9.79. The molecule has 268 valence electrons. The lowest BCUT2D eigenvalue weighted by Crippen LogP contribution is -2.35. The van der Waals surface area contributed by atoms with Gasteiger partial charge < -0.3 is 39.7 Å². The van der Waals surface area contributed by atoms with Gasteiger partial charge in [-0.1, -0.05) is 60.1 Å². The van der Waals surface area contributed by atoms with Crippen molar-refractivity contribution in [3.05, 3.63) is 111 Å². The molecular formula is C41H51ClN2O6. The van der Waals surface area contributed by atoms with Gasteiger partial charge in [-0.05, 0) is 97.2 Å². The summed E-state index contributed by atoms with van der Waals surface area (Å²) in [6.45, 7) is 12.3. The Morgan fingerprint density at radius 1 is 0.800 bits per heavy atom. The summed E-state index contributed by atoms with van der Waals surface area (Å²) in [7, 11) is 0. The first-order chi connectivity index (χ1) is 24.2. The highest BCUT2D eigenvalue weighted by molar-refractivity contribution is 6.32. The van der Waals surface area contributed by atoms with Crippen LogP contribution >= 0.6 is 11.6 Å². The molecule has 1 atom stereocenters. The van der Waals surface area contributed by atoms with Crippen LogP contribution in [0.5, 0.6) is 17.2 Å². The number of aryl methyl sites for hydroxylation is 2. The van der Waals surface area contributed by atoms with Gasteiger partial charge in [-0.15, -0.1) is 0 Å². The molecule has 1 saturated heterocycles. The summed E-state index contributed by atoms with van der Waals surface area (Å²) in [6, 6.07) is 21.8. The standard InChI is InChI=1S/C41H51ClN2O6/c1-27-9-5-10-28(2)37(27)26-50-40-20-41(38(42)19-32(40)21-43-33(23-45)24-46)49-25-31-11-6-12-35(29(31)3)36-13-7-14-39(30(36)4)48-18-8-16-44-17-15-34(47)22-44/h5-7,9-14,19-20,33-34,43,45-47H,8,15-18,21-26H2,1-4H3. The number of aliphatic hydroxyl groups excluding tert-OH is 3. The second-order valence-corrected chi connectivity index (χ2v) is 13.7. The van der Waals surface area contributed by atoms with Gasteiger partial charge in [-0.3, -0.25) is 0 Å². The molecule has 1 fully saturated rings.